The second-order valence-electron chi connectivity index (χ2n) is 7.81. The number of amides is 2. The van der Waals surface area contributed by atoms with E-state index in [1.54, 1.807) is 17.0 Å². The van der Waals surface area contributed by atoms with Crippen LogP contribution in [0, 0.1) is 5.92 Å². The molecule has 2 aliphatic heterocycles. The van der Waals surface area contributed by atoms with E-state index in [1.807, 2.05) is 41.3 Å². The summed E-state index contributed by atoms with van der Waals surface area (Å²) in [4.78, 5) is 40.0. The van der Waals surface area contributed by atoms with Gasteiger partial charge in [0.15, 0.2) is 0 Å². The van der Waals surface area contributed by atoms with Gasteiger partial charge in [0, 0.05) is 25.2 Å². The van der Waals surface area contributed by atoms with E-state index in [2.05, 4.69) is 0 Å². The van der Waals surface area contributed by atoms with Crippen LogP contribution in [0.4, 0.5) is 0 Å². The van der Waals surface area contributed by atoms with Gasteiger partial charge in [-0.25, -0.2) is 4.79 Å². The quantitative estimate of drug-likeness (QED) is 0.849. The van der Waals surface area contributed by atoms with Gasteiger partial charge in [0.1, 0.15) is 6.54 Å². The maximum absolute atomic E-state index is 12.7. The summed E-state index contributed by atoms with van der Waals surface area (Å²) in [5.74, 6) is -0.633. The monoisotopic (exact) mass is 392 g/mol. The minimum Gasteiger partial charge on any atom is -0.478 e. The minimum absolute atomic E-state index is 0.0180. The van der Waals surface area contributed by atoms with E-state index >= 15 is 0 Å². The van der Waals surface area contributed by atoms with E-state index in [1.165, 1.54) is 0 Å². The Hall–Kier alpha value is -3.15. The summed E-state index contributed by atoms with van der Waals surface area (Å²) in [5.41, 5.74) is 2.88. The standard InChI is InChI=1S/C23H24N2O4/c26-21(15-25-14-18-6-2-3-7-19(18)22(25)27)24-11-9-16(10-12-24)13-17-5-1-4-8-20(17)23(28)29/h1-8,16H,9-15H2,(H,28,29). The third-order valence-electron chi connectivity index (χ3n) is 5.95. The van der Waals surface area contributed by atoms with Crippen LogP contribution in [0.5, 0.6) is 0 Å². The van der Waals surface area contributed by atoms with Crippen LogP contribution in [0.1, 0.15) is 44.7 Å². The van der Waals surface area contributed by atoms with Gasteiger partial charge in [-0.2, -0.15) is 0 Å². The lowest BCUT2D eigenvalue weighted by Gasteiger charge is -2.33. The zero-order chi connectivity index (χ0) is 20.4. The van der Waals surface area contributed by atoms with Gasteiger partial charge in [-0.1, -0.05) is 36.4 Å². The number of piperidine rings is 1. The van der Waals surface area contributed by atoms with Crippen LogP contribution in [-0.4, -0.2) is 52.3 Å². The van der Waals surface area contributed by atoms with Gasteiger partial charge in [-0.15, -0.1) is 0 Å². The molecule has 1 saturated heterocycles. The van der Waals surface area contributed by atoms with E-state index in [9.17, 15) is 19.5 Å². The largest absolute Gasteiger partial charge is 0.478 e. The van der Waals surface area contributed by atoms with Crippen LogP contribution in [0.25, 0.3) is 0 Å². The first kappa shape index (κ1) is 19.2. The third-order valence-corrected chi connectivity index (χ3v) is 5.95. The molecular formula is C23H24N2O4. The number of carboxylic acids is 1. The molecule has 1 N–H and O–H groups in total. The van der Waals surface area contributed by atoms with E-state index < -0.39 is 5.97 Å². The van der Waals surface area contributed by atoms with Gasteiger partial charge in [0.05, 0.1) is 5.56 Å². The number of hydrogen-bond acceptors (Lipinski definition) is 3. The molecule has 2 aromatic rings. The fraction of sp³-hybridized carbons (Fsp3) is 0.348. The van der Waals surface area contributed by atoms with Crippen molar-refractivity contribution in [2.75, 3.05) is 19.6 Å². The van der Waals surface area contributed by atoms with Crippen molar-refractivity contribution in [1.29, 1.82) is 0 Å². The summed E-state index contributed by atoms with van der Waals surface area (Å²) in [6, 6.07) is 14.6. The van der Waals surface area contributed by atoms with Crippen molar-refractivity contribution in [2.24, 2.45) is 5.92 Å². The normalized spacial score (nSPS) is 16.8. The van der Waals surface area contributed by atoms with Crippen LogP contribution in [0.15, 0.2) is 48.5 Å². The van der Waals surface area contributed by atoms with Crippen molar-refractivity contribution in [3.05, 3.63) is 70.8 Å². The molecule has 2 aromatic carbocycles. The summed E-state index contributed by atoms with van der Waals surface area (Å²) in [6.45, 7) is 1.89. The molecule has 0 spiro atoms. The Morgan fingerprint density at radius 3 is 2.41 bits per heavy atom. The molecule has 0 saturated carbocycles. The predicted octanol–water partition coefficient (Wildman–Crippen LogP) is 2.82. The molecule has 1 fully saturated rings. The highest BCUT2D eigenvalue weighted by atomic mass is 16.4. The van der Waals surface area contributed by atoms with Gasteiger partial charge in [-0.3, -0.25) is 9.59 Å². The van der Waals surface area contributed by atoms with Crippen molar-refractivity contribution in [3.8, 4) is 0 Å². The molecule has 0 bridgehead atoms. The van der Waals surface area contributed by atoms with E-state index in [0.717, 1.165) is 24.0 Å². The number of likely N-dealkylation sites (tertiary alicyclic amines) is 1. The molecule has 150 valence electrons. The van der Waals surface area contributed by atoms with Crippen molar-refractivity contribution in [3.63, 3.8) is 0 Å². The van der Waals surface area contributed by atoms with Gasteiger partial charge >= 0.3 is 5.97 Å². The topological polar surface area (TPSA) is 77.9 Å². The lowest BCUT2D eigenvalue weighted by molar-refractivity contribution is -0.133. The van der Waals surface area contributed by atoms with Gasteiger partial charge in [-0.05, 0) is 48.4 Å². The van der Waals surface area contributed by atoms with Gasteiger partial charge in [0.2, 0.25) is 5.91 Å². The Balaban J connectivity index is 1.31. The van der Waals surface area contributed by atoms with Crippen molar-refractivity contribution >= 4 is 17.8 Å². The number of carboxylic acid groups (broad SMARTS) is 1. The van der Waals surface area contributed by atoms with Crippen molar-refractivity contribution < 1.29 is 19.5 Å². The fourth-order valence-corrected chi connectivity index (χ4v) is 4.31. The SMILES string of the molecule is O=C(O)c1ccccc1CC1CCN(C(=O)CN2Cc3ccccc3C2=O)CC1. The van der Waals surface area contributed by atoms with Crippen molar-refractivity contribution in [1.82, 2.24) is 9.80 Å². The lowest BCUT2D eigenvalue weighted by atomic mass is 9.88. The number of hydrogen-bond donors (Lipinski definition) is 1. The molecule has 2 heterocycles. The van der Waals surface area contributed by atoms with Gasteiger partial charge in [0.25, 0.3) is 5.91 Å². The molecule has 0 aromatic heterocycles. The molecular weight excluding hydrogens is 368 g/mol. The number of benzene rings is 2. The molecule has 4 rings (SSSR count). The summed E-state index contributed by atoms with van der Waals surface area (Å²) in [5, 5.41) is 9.35. The van der Waals surface area contributed by atoms with E-state index in [0.29, 0.717) is 43.1 Å². The van der Waals surface area contributed by atoms with Crippen molar-refractivity contribution in [2.45, 2.75) is 25.8 Å². The molecule has 2 amide bonds. The number of fused-ring (bicyclic) bond motifs is 1. The lowest BCUT2D eigenvalue weighted by Crippen LogP contribution is -2.44. The molecule has 0 aliphatic carbocycles. The van der Waals surface area contributed by atoms with Crippen LogP contribution >= 0.6 is 0 Å². The minimum atomic E-state index is -0.899. The first-order valence-electron chi connectivity index (χ1n) is 9.99. The Bertz CT molecular complexity index is 947. The zero-order valence-electron chi connectivity index (χ0n) is 16.2. The van der Waals surface area contributed by atoms with E-state index in [4.69, 9.17) is 0 Å². The van der Waals surface area contributed by atoms with Crippen LogP contribution < -0.4 is 0 Å². The highest BCUT2D eigenvalue weighted by Gasteiger charge is 2.31. The Labute approximate surface area is 169 Å². The third kappa shape index (κ3) is 4.01. The smallest absolute Gasteiger partial charge is 0.335 e. The molecule has 0 atom stereocenters. The number of carbonyl (C=O) groups excluding carboxylic acids is 2. The average molecular weight is 392 g/mol. The summed E-state index contributed by atoms with van der Waals surface area (Å²) >= 11 is 0. The van der Waals surface area contributed by atoms with Crippen LogP contribution in [-0.2, 0) is 17.8 Å². The molecule has 2 aliphatic rings. The number of nitrogens with zero attached hydrogens (tertiary/aromatic N) is 2. The first-order chi connectivity index (χ1) is 14.0. The number of aromatic carboxylic acids is 1. The number of rotatable bonds is 5. The first-order valence-corrected chi connectivity index (χ1v) is 9.99. The van der Waals surface area contributed by atoms with Gasteiger partial charge < -0.3 is 14.9 Å². The molecule has 29 heavy (non-hydrogen) atoms. The Morgan fingerprint density at radius 1 is 1.00 bits per heavy atom. The molecule has 0 radical (unpaired) electrons. The second kappa shape index (κ2) is 8.07. The molecule has 6 heteroatoms. The molecule has 6 nitrogen and oxygen atoms in total. The zero-order valence-corrected chi connectivity index (χ0v) is 16.2. The maximum Gasteiger partial charge on any atom is 0.335 e. The highest BCUT2D eigenvalue weighted by molar-refractivity contribution is 6.00. The average Bonchev–Trinajstić information content (AvgIpc) is 3.04. The molecule has 0 unspecified atom stereocenters. The maximum atomic E-state index is 12.7. The van der Waals surface area contributed by atoms with Crippen LogP contribution in [0.3, 0.4) is 0 Å². The fourth-order valence-electron chi connectivity index (χ4n) is 4.31. The van der Waals surface area contributed by atoms with E-state index in [-0.39, 0.29) is 18.4 Å². The summed E-state index contributed by atoms with van der Waals surface area (Å²) in [7, 11) is 0. The van der Waals surface area contributed by atoms with Crippen LogP contribution in [0.2, 0.25) is 0 Å². The summed E-state index contributed by atoms with van der Waals surface area (Å²) in [6.07, 6.45) is 2.39. The Kier molecular flexibility index (Phi) is 5.34. The number of carbonyl (C=O) groups is 3. The summed E-state index contributed by atoms with van der Waals surface area (Å²) < 4.78 is 0. The highest BCUT2D eigenvalue weighted by Crippen LogP contribution is 2.25. The second-order valence-corrected chi connectivity index (χ2v) is 7.81. The predicted molar refractivity (Wildman–Crippen MR) is 108 cm³/mol. The Morgan fingerprint density at radius 2 is 1.69 bits per heavy atom.